The van der Waals surface area contributed by atoms with Gasteiger partial charge in [0.15, 0.2) is 0 Å². The predicted molar refractivity (Wildman–Crippen MR) is 74.1 cm³/mol. The largest absolute Gasteiger partial charge is 0.399 e. The zero-order valence-corrected chi connectivity index (χ0v) is 11.4. The number of nitrogens with two attached hydrogens (primary N) is 2. The van der Waals surface area contributed by atoms with E-state index in [0.717, 1.165) is 25.7 Å². The molecule has 1 fully saturated rings. The van der Waals surface area contributed by atoms with E-state index in [0.29, 0.717) is 11.4 Å². The van der Waals surface area contributed by atoms with Gasteiger partial charge in [0.2, 0.25) is 10.0 Å². The molecule has 1 saturated carbocycles. The summed E-state index contributed by atoms with van der Waals surface area (Å²) < 4.78 is 23.1. The van der Waals surface area contributed by atoms with Crippen molar-refractivity contribution in [2.45, 2.75) is 42.7 Å². The molecule has 0 aromatic heterocycles. The van der Waals surface area contributed by atoms with Crippen molar-refractivity contribution in [2.24, 2.45) is 5.14 Å². The van der Waals surface area contributed by atoms with E-state index in [1.807, 2.05) is 0 Å². The van der Waals surface area contributed by atoms with Gasteiger partial charge in [0.1, 0.15) is 4.90 Å². The van der Waals surface area contributed by atoms with Crippen molar-refractivity contribution in [1.82, 2.24) is 0 Å². The SMILES string of the molecule is Nc1ccc(NC2CCC(O)CC2)c(S(N)(=O)=O)c1. The molecule has 0 spiro atoms. The molecule has 0 aliphatic heterocycles. The molecule has 6 N–H and O–H groups in total. The first-order valence-electron chi connectivity index (χ1n) is 6.23. The highest BCUT2D eigenvalue weighted by atomic mass is 32.2. The Bertz CT molecular complexity index is 551. The van der Waals surface area contributed by atoms with Crippen LogP contribution >= 0.6 is 0 Å². The van der Waals surface area contributed by atoms with Crippen LogP contribution in [-0.2, 0) is 10.0 Å². The molecule has 1 aromatic carbocycles. The summed E-state index contributed by atoms with van der Waals surface area (Å²) in [5.41, 5.74) is 6.42. The summed E-state index contributed by atoms with van der Waals surface area (Å²) in [5.74, 6) is 0. The van der Waals surface area contributed by atoms with E-state index < -0.39 is 10.0 Å². The number of hydrogen-bond donors (Lipinski definition) is 4. The topological polar surface area (TPSA) is 118 Å². The summed E-state index contributed by atoms with van der Waals surface area (Å²) in [6.07, 6.45) is 2.79. The molecule has 0 saturated heterocycles. The molecule has 0 atom stereocenters. The van der Waals surface area contributed by atoms with Gasteiger partial charge in [-0.25, -0.2) is 13.6 Å². The summed E-state index contributed by atoms with van der Waals surface area (Å²) >= 11 is 0. The lowest BCUT2D eigenvalue weighted by Gasteiger charge is -2.27. The molecule has 0 bridgehead atoms. The van der Waals surface area contributed by atoms with Crippen molar-refractivity contribution in [1.29, 1.82) is 0 Å². The quantitative estimate of drug-likeness (QED) is 0.607. The molecule has 7 heteroatoms. The minimum Gasteiger partial charge on any atom is -0.399 e. The molecular formula is C12H19N3O3S. The van der Waals surface area contributed by atoms with Crippen LogP contribution in [0.2, 0.25) is 0 Å². The smallest absolute Gasteiger partial charge is 0.240 e. The van der Waals surface area contributed by atoms with E-state index in [1.165, 1.54) is 6.07 Å². The van der Waals surface area contributed by atoms with E-state index in [-0.39, 0.29) is 17.0 Å². The Morgan fingerprint density at radius 1 is 1.21 bits per heavy atom. The Labute approximate surface area is 112 Å². The summed E-state index contributed by atoms with van der Waals surface area (Å²) in [6.45, 7) is 0. The Balaban J connectivity index is 2.21. The first kappa shape index (κ1) is 14.1. The van der Waals surface area contributed by atoms with Crippen molar-refractivity contribution in [3.8, 4) is 0 Å². The second kappa shape index (κ2) is 5.36. The molecule has 2 rings (SSSR count). The van der Waals surface area contributed by atoms with Crippen LogP contribution in [0.15, 0.2) is 23.1 Å². The lowest BCUT2D eigenvalue weighted by Crippen LogP contribution is -2.29. The number of sulfonamides is 1. The molecule has 1 aliphatic carbocycles. The van der Waals surface area contributed by atoms with Crippen LogP contribution in [0.3, 0.4) is 0 Å². The standard InChI is InChI=1S/C12H19N3O3S/c13-8-1-6-11(12(7-8)19(14,17)18)15-9-2-4-10(16)5-3-9/h1,6-7,9-10,15-16H,2-5,13H2,(H2,14,17,18). The minimum atomic E-state index is -3.81. The van der Waals surface area contributed by atoms with E-state index >= 15 is 0 Å². The number of aliphatic hydroxyl groups is 1. The van der Waals surface area contributed by atoms with Gasteiger partial charge in [-0.1, -0.05) is 0 Å². The average Bonchev–Trinajstić information content (AvgIpc) is 2.33. The Kier molecular flexibility index (Phi) is 3.98. The second-order valence-corrected chi connectivity index (χ2v) is 6.48. The maximum absolute atomic E-state index is 11.5. The van der Waals surface area contributed by atoms with Gasteiger partial charge in [0.05, 0.1) is 11.8 Å². The van der Waals surface area contributed by atoms with Crippen molar-refractivity contribution in [3.05, 3.63) is 18.2 Å². The summed E-state index contributed by atoms with van der Waals surface area (Å²) in [5, 5.41) is 17.8. The highest BCUT2D eigenvalue weighted by molar-refractivity contribution is 7.89. The fourth-order valence-electron chi connectivity index (χ4n) is 2.33. The Hall–Kier alpha value is -1.31. The van der Waals surface area contributed by atoms with Crippen LogP contribution in [0.1, 0.15) is 25.7 Å². The van der Waals surface area contributed by atoms with Crippen LogP contribution < -0.4 is 16.2 Å². The fraction of sp³-hybridized carbons (Fsp3) is 0.500. The van der Waals surface area contributed by atoms with Gasteiger partial charge in [-0.2, -0.15) is 0 Å². The van der Waals surface area contributed by atoms with Gasteiger partial charge in [-0.3, -0.25) is 0 Å². The number of aliphatic hydroxyl groups excluding tert-OH is 1. The average molecular weight is 285 g/mol. The molecule has 0 amide bonds. The van der Waals surface area contributed by atoms with Gasteiger partial charge < -0.3 is 16.2 Å². The van der Waals surface area contributed by atoms with Crippen molar-refractivity contribution >= 4 is 21.4 Å². The maximum atomic E-state index is 11.5. The number of anilines is 2. The van der Waals surface area contributed by atoms with Crippen LogP contribution in [-0.4, -0.2) is 25.7 Å². The monoisotopic (exact) mass is 285 g/mol. The first-order chi connectivity index (χ1) is 8.86. The molecule has 19 heavy (non-hydrogen) atoms. The van der Waals surface area contributed by atoms with E-state index in [2.05, 4.69) is 5.32 Å². The molecule has 0 heterocycles. The molecule has 1 aliphatic rings. The minimum absolute atomic E-state index is 0.0126. The van der Waals surface area contributed by atoms with Crippen molar-refractivity contribution in [2.75, 3.05) is 11.1 Å². The number of rotatable bonds is 3. The molecule has 6 nitrogen and oxygen atoms in total. The molecular weight excluding hydrogens is 266 g/mol. The second-order valence-electron chi connectivity index (χ2n) is 4.95. The number of primary sulfonamides is 1. The van der Waals surface area contributed by atoms with E-state index in [4.69, 9.17) is 10.9 Å². The van der Waals surface area contributed by atoms with Crippen molar-refractivity contribution < 1.29 is 13.5 Å². The van der Waals surface area contributed by atoms with E-state index in [9.17, 15) is 13.5 Å². The zero-order valence-electron chi connectivity index (χ0n) is 10.5. The fourth-order valence-corrected chi connectivity index (χ4v) is 3.07. The zero-order chi connectivity index (χ0) is 14.0. The van der Waals surface area contributed by atoms with Gasteiger partial charge in [-0.05, 0) is 43.9 Å². The third kappa shape index (κ3) is 3.59. The molecule has 0 radical (unpaired) electrons. The number of nitrogens with one attached hydrogen (secondary N) is 1. The number of nitrogen functional groups attached to an aromatic ring is 1. The number of hydrogen-bond acceptors (Lipinski definition) is 5. The van der Waals surface area contributed by atoms with Gasteiger partial charge in [-0.15, -0.1) is 0 Å². The van der Waals surface area contributed by atoms with Gasteiger partial charge >= 0.3 is 0 Å². The molecule has 1 aromatic rings. The highest BCUT2D eigenvalue weighted by Crippen LogP contribution is 2.27. The third-order valence-electron chi connectivity index (χ3n) is 3.37. The lowest BCUT2D eigenvalue weighted by molar-refractivity contribution is 0.126. The predicted octanol–water partition coefficient (Wildman–Crippen LogP) is 0.632. The lowest BCUT2D eigenvalue weighted by atomic mass is 9.93. The Morgan fingerprint density at radius 2 is 1.84 bits per heavy atom. The Morgan fingerprint density at radius 3 is 2.42 bits per heavy atom. The van der Waals surface area contributed by atoms with E-state index in [1.54, 1.807) is 12.1 Å². The normalized spacial score (nSPS) is 24.1. The van der Waals surface area contributed by atoms with Crippen molar-refractivity contribution in [3.63, 3.8) is 0 Å². The highest BCUT2D eigenvalue weighted by Gasteiger charge is 2.22. The molecule has 0 unspecified atom stereocenters. The van der Waals surface area contributed by atoms with Crippen LogP contribution in [0.4, 0.5) is 11.4 Å². The summed E-state index contributed by atoms with van der Waals surface area (Å²) in [4.78, 5) is 0.0126. The maximum Gasteiger partial charge on any atom is 0.240 e. The summed E-state index contributed by atoms with van der Waals surface area (Å²) in [7, 11) is -3.81. The first-order valence-corrected chi connectivity index (χ1v) is 7.78. The van der Waals surface area contributed by atoms with Crippen LogP contribution in [0, 0.1) is 0 Å². The third-order valence-corrected chi connectivity index (χ3v) is 4.32. The molecule has 106 valence electrons. The van der Waals surface area contributed by atoms with Crippen LogP contribution in [0.5, 0.6) is 0 Å². The van der Waals surface area contributed by atoms with Crippen LogP contribution in [0.25, 0.3) is 0 Å². The summed E-state index contributed by atoms with van der Waals surface area (Å²) in [6, 6.07) is 4.76. The van der Waals surface area contributed by atoms with Gasteiger partial charge in [0, 0.05) is 11.7 Å². The number of benzene rings is 1. The van der Waals surface area contributed by atoms with Gasteiger partial charge in [0.25, 0.3) is 0 Å².